The average molecular weight is 356 g/mol. The molecule has 1 aromatic carbocycles. The van der Waals surface area contributed by atoms with E-state index >= 15 is 0 Å². The van der Waals surface area contributed by atoms with E-state index in [0.29, 0.717) is 12.8 Å². The third kappa shape index (κ3) is 4.30. The first-order valence-corrected chi connectivity index (χ1v) is 7.99. The van der Waals surface area contributed by atoms with Gasteiger partial charge >= 0.3 is 5.97 Å². The lowest BCUT2D eigenvalue weighted by atomic mass is 9.79. The van der Waals surface area contributed by atoms with Crippen molar-refractivity contribution in [2.75, 3.05) is 5.32 Å². The molecule has 0 fully saturated rings. The smallest absolute Gasteiger partial charge is 0.310 e. The van der Waals surface area contributed by atoms with Crippen LogP contribution in [0, 0.1) is 5.41 Å². The van der Waals surface area contributed by atoms with Crippen molar-refractivity contribution in [2.24, 2.45) is 5.41 Å². The molecule has 0 aliphatic rings. The molecule has 0 spiro atoms. The van der Waals surface area contributed by atoms with Gasteiger partial charge in [-0.3, -0.25) is 9.59 Å². The SMILES string of the molecule is CCc1cc(Br)ccc1NC(=O)CC(CC)(CC)C(=O)O. The van der Waals surface area contributed by atoms with Crippen LogP contribution in [-0.4, -0.2) is 17.0 Å². The molecule has 0 aromatic heterocycles. The zero-order chi connectivity index (χ0) is 16.0. The number of halogens is 1. The third-order valence-corrected chi connectivity index (χ3v) is 4.52. The van der Waals surface area contributed by atoms with Crippen LogP contribution < -0.4 is 5.32 Å². The highest BCUT2D eigenvalue weighted by molar-refractivity contribution is 9.10. The summed E-state index contributed by atoms with van der Waals surface area (Å²) in [5.41, 5.74) is 0.787. The number of carboxylic acids is 1. The van der Waals surface area contributed by atoms with Gasteiger partial charge in [0, 0.05) is 16.6 Å². The number of carbonyl (C=O) groups is 2. The van der Waals surface area contributed by atoms with Crippen molar-refractivity contribution in [3.8, 4) is 0 Å². The Bertz CT molecular complexity index is 524. The number of hydrogen-bond donors (Lipinski definition) is 2. The van der Waals surface area contributed by atoms with Gasteiger partial charge < -0.3 is 10.4 Å². The van der Waals surface area contributed by atoms with Crippen LogP contribution in [0.5, 0.6) is 0 Å². The van der Waals surface area contributed by atoms with Gasteiger partial charge in [0.15, 0.2) is 0 Å². The molecular formula is C16H22BrNO3. The fourth-order valence-electron chi connectivity index (χ4n) is 2.36. The highest BCUT2D eigenvalue weighted by Gasteiger charge is 2.37. The largest absolute Gasteiger partial charge is 0.481 e. The lowest BCUT2D eigenvalue weighted by molar-refractivity contribution is -0.151. The van der Waals surface area contributed by atoms with Crippen molar-refractivity contribution in [3.63, 3.8) is 0 Å². The summed E-state index contributed by atoms with van der Waals surface area (Å²) in [7, 11) is 0. The normalized spacial score (nSPS) is 11.2. The quantitative estimate of drug-likeness (QED) is 0.768. The highest BCUT2D eigenvalue weighted by atomic mass is 79.9. The maximum Gasteiger partial charge on any atom is 0.310 e. The van der Waals surface area contributed by atoms with Crippen molar-refractivity contribution in [1.29, 1.82) is 0 Å². The van der Waals surface area contributed by atoms with Gasteiger partial charge in [0.25, 0.3) is 0 Å². The molecule has 0 aliphatic carbocycles. The maximum absolute atomic E-state index is 12.2. The van der Waals surface area contributed by atoms with Gasteiger partial charge in [-0.2, -0.15) is 0 Å². The summed E-state index contributed by atoms with van der Waals surface area (Å²) >= 11 is 3.40. The molecule has 4 nitrogen and oxygen atoms in total. The number of hydrogen-bond acceptors (Lipinski definition) is 2. The average Bonchev–Trinajstić information content (AvgIpc) is 2.46. The molecule has 0 saturated carbocycles. The molecule has 0 heterocycles. The summed E-state index contributed by atoms with van der Waals surface area (Å²) in [6.45, 7) is 5.63. The van der Waals surface area contributed by atoms with Gasteiger partial charge in [-0.05, 0) is 43.0 Å². The summed E-state index contributed by atoms with van der Waals surface area (Å²) in [5, 5.41) is 12.2. The van der Waals surface area contributed by atoms with Gasteiger partial charge in [0.2, 0.25) is 5.91 Å². The van der Waals surface area contributed by atoms with Crippen LogP contribution in [0.2, 0.25) is 0 Å². The lowest BCUT2D eigenvalue weighted by Gasteiger charge is -2.26. The lowest BCUT2D eigenvalue weighted by Crippen LogP contribution is -2.34. The molecule has 0 saturated heterocycles. The number of anilines is 1. The van der Waals surface area contributed by atoms with Gasteiger partial charge in [-0.25, -0.2) is 0 Å². The van der Waals surface area contributed by atoms with Gasteiger partial charge in [0.05, 0.1) is 5.41 Å². The second-order valence-electron chi connectivity index (χ2n) is 5.17. The predicted molar refractivity (Wildman–Crippen MR) is 87.4 cm³/mol. The molecule has 1 rings (SSSR count). The number of amides is 1. The molecule has 2 N–H and O–H groups in total. The fraction of sp³-hybridized carbons (Fsp3) is 0.500. The first-order valence-electron chi connectivity index (χ1n) is 7.20. The summed E-state index contributed by atoms with van der Waals surface area (Å²) < 4.78 is 0.958. The highest BCUT2D eigenvalue weighted by Crippen LogP contribution is 2.32. The number of aryl methyl sites for hydroxylation is 1. The van der Waals surface area contributed by atoms with Crippen molar-refractivity contribution < 1.29 is 14.7 Å². The van der Waals surface area contributed by atoms with Crippen LogP contribution in [0.4, 0.5) is 5.69 Å². The predicted octanol–water partition coefficient (Wildman–Crippen LogP) is 4.23. The number of rotatable bonds is 7. The summed E-state index contributed by atoms with van der Waals surface area (Å²) in [4.78, 5) is 23.7. The van der Waals surface area contributed by atoms with E-state index in [1.807, 2.05) is 39.0 Å². The minimum absolute atomic E-state index is 0.00541. The Morgan fingerprint density at radius 3 is 2.33 bits per heavy atom. The van der Waals surface area contributed by atoms with Crippen molar-refractivity contribution in [3.05, 3.63) is 28.2 Å². The van der Waals surface area contributed by atoms with E-state index in [-0.39, 0.29) is 12.3 Å². The molecule has 116 valence electrons. The van der Waals surface area contributed by atoms with Crippen LogP contribution in [0.1, 0.15) is 45.6 Å². The minimum Gasteiger partial charge on any atom is -0.481 e. The topological polar surface area (TPSA) is 66.4 Å². The molecule has 1 amide bonds. The number of benzene rings is 1. The van der Waals surface area contributed by atoms with Crippen LogP contribution >= 0.6 is 15.9 Å². The number of nitrogens with one attached hydrogen (secondary N) is 1. The Morgan fingerprint density at radius 1 is 1.24 bits per heavy atom. The Balaban J connectivity index is 2.89. The van der Waals surface area contributed by atoms with Crippen LogP contribution in [0.3, 0.4) is 0 Å². The second-order valence-corrected chi connectivity index (χ2v) is 6.09. The van der Waals surface area contributed by atoms with Crippen LogP contribution in [-0.2, 0) is 16.0 Å². The molecule has 0 radical (unpaired) electrons. The monoisotopic (exact) mass is 355 g/mol. The zero-order valence-electron chi connectivity index (χ0n) is 12.7. The van der Waals surface area contributed by atoms with E-state index < -0.39 is 11.4 Å². The van der Waals surface area contributed by atoms with E-state index in [0.717, 1.165) is 22.1 Å². The minimum atomic E-state index is -0.980. The van der Waals surface area contributed by atoms with Crippen molar-refractivity contribution in [2.45, 2.75) is 46.5 Å². The summed E-state index contributed by atoms with van der Waals surface area (Å²) in [6, 6.07) is 5.65. The number of carbonyl (C=O) groups excluding carboxylic acids is 1. The van der Waals surface area contributed by atoms with Gasteiger partial charge in [0.1, 0.15) is 0 Å². The first kappa shape index (κ1) is 17.7. The first-order chi connectivity index (χ1) is 9.88. The third-order valence-electron chi connectivity index (χ3n) is 4.03. The zero-order valence-corrected chi connectivity index (χ0v) is 14.3. The second kappa shape index (κ2) is 7.59. The molecule has 0 aliphatic heterocycles. The van der Waals surface area contributed by atoms with E-state index in [9.17, 15) is 14.7 Å². The molecule has 5 heteroatoms. The number of carboxylic acid groups (broad SMARTS) is 1. The molecule has 0 unspecified atom stereocenters. The molecule has 21 heavy (non-hydrogen) atoms. The van der Waals surface area contributed by atoms with E-state index in [2.05, 4.69) is 21.2 Å². The van der Waals surface area contributed by atoms with E-state index in [1.54, 1.807) is 0 Å². The Labute approximate surface area is 134 Å². The Kier molecular flexibility index (Phi) is 6.40. The molecule has 1 aromatic rings. The fourth-order valence-corrected chi connectivity index (χ4v) is 2.77. The number of aliphatic carboxylic acids is 1. The molecule has 0 bridgehead atoms. The van der Waals surface area contributed by atoms with E-state index in [1.165, 1.54) is 0 Å². The molecular weight excluding hydrogens is 334 g/mol. The van der Waals surface area contributed by atoms with E-state index in [4.69, 9.17) is 0 Å². The van der Waals surface area contributed by atoms with Crippen molar-refractivity contribution >= 4 is 33.5 Å². The van der Waals surface area contributed by atoms with Crippen molar-refractivity contribution in [1.82, 2.24) is 0 Å². The summed E-state index contributed by atoms with van der Waals surface area (Å²) in [6.07, 6.45) is 1.66. The van der Waals surface area contributed by atoms with Crippen LogP contribution in [0.15, 0.2) is 22.7 Å². The summed E-state index contributed by atoms with van der Waals surface area (Å²) in [5.74, 6) is -1.16. The Morgan fingerprint density at radius 2 is 1.86 bits per heavy atom. The van der Waals surface area contributed by atoms with Crippen LogP contribution in [0.25, 0.3) is 0 Å². The Hall–Kier alpha value is -1.36. The van der Waals surface area contributed by atoms with Gasteiger partial charge in [-0.1, -0.05) is 36.7 Å². The molecule has 0 atom stereocenters. The standard InChI is InChI=1S/C16H22BrNO3/c1-4-11-9-12(17)7-8-13(11)18-14(19)10-16(5-2,6-3)15(20)21/h7-9H,4-6,10H2,1-3H3,(H,18,19)(H,20,21). The van der Waals surface area contributed by atoms with Gasteiger partial charge in [-0.15, -0.1) is 0 Å². The maximum atomic E-state index is 12.2.